The third-order valence-corrected chi connectivity index (χ3v) is 6.01. The summed E-state index contributed by atoms with van der Waals surface area (Å²) in [5.74, 6) is 1.14. The molecule has 1 atom stereocenters. The SMILES string of the molecule is COc1ccc(Br)cc1CNC(=O)c1ccc(CS(=O)c2ccc(Cl)cc2)o1. The second-order valence-corrected chi connectivity index (χ2v) is 8.65. The summed E-state index contributed by atoms with van der Waals surface area (Å²) in [6.45, 7) is 0.286. The highest BCUT2D eigenvalue weighted by atomic mass is 79.9. The van der Waals surface area contributed by atoms with Crippen molar-refractivity contribution in [3.05, 3.63) is 81.2 Å². The lowest BCUT2D eigenvalue weighted by Gasteiger charge is -2.09. The Morgan fingerprint density at radius 2 is 1.93 bits per heavy atom. The van der Waals surface area contributed by atoms with E-state index in [0.717, 1.165) is 10.0 Å². The maximum atomic E-state index is 12.4. The van der Waals surface area contributed by atoms with Crippen LogP contribution in [0.5, 0.6) is 5.75 Å². The maximum Gasteiger partial charge on any atom is 0.287 e. The van der Waals surface area contributed by atoms with Crippen molar-refractivity contribution in [2.75, 3.05) is 7.11 Å². The first-order chi connectivity index (χ1) is 13.5. The van der Waals surface area contributed by atoms with E-state index in [9.17, 15) is 9.00 Å². The lowest BCUT2D eigenvalue weighted by molar-refractivity contribution is 0.0921. The van der Waals surface area contributed by atoms with Gasteiger partial charge in [0.15, 0.2) is 5.76 Å². The minimum Gasteiger partial charge on any atom is -0.496 e. The average molecular weight is 483 g/mol. The van der Waals surface area contributed by atoms with E-state index in [1.165, 1.54) is 0 Å². The molecule has 0 bridgehead atoms. The van der Waals surface area contributed by atoms with Gasteiger partial charge >= 0.3 is 0 Å². The molecule has 0 aliphatic rings. The van der Waals surface area contributed by atoms with Gasteiger partial charge in [-0.2, -0.15) is 0 Å². The van der Waals surface area contributed by atoms with Crippen LogP contribution in [0.15, 0.2) is 68.4 Å². The van der Waals surface area contributed by atoms with E-state index in [0.29, 0.717) is 21.4 Å². The zero-order chi connectivity index (χ0) is 20.1. The molecule has 1 amide bonds. The Balaban J connectivity index is 1.62. The number of furan rings is 1. The van der Waals surface area contributed by atoms with Gasteiger partial charge in [0.2, 0.25) is 0 Å². The summed E-state index contributed by atoms with van der Waals surface area (Å²) < 4.78 is 24.2. The van der Waals surface area contributed by atoms with Crippen LogP contribution in [-0.2, 0) is 23.1 Å². The predicted molar refractivity (Wildman–Crippen MR) is 112 cm³/mol. The zero-order valence-corrected chi connectivity index (χ0v) is 18.1. The molecule has 1 aromatic heterocycles. The fourth-order valence-corrected chi connectivity index (χ4v) is 4.08. The van der Waals surface area contributed by atoms with Crippen LogP contribution < -0.4 is 10.1 Å². The highest BCUT2D eigenvalue weighted by Gasteiger charge is 2.14. The number of hydrogen-bond acceptors (Lipinski definition) is 4. The van der Waals surface area contributed by atoms with Gasteiger partial charge < -0.3 is 14.5 Å². The van der Waals surface area contributed by atoms with Gasteiger partial charge in [0.25, 0.3) is 5.91 Å². The van der Waals surface area contributed by atoms with Crippen LogP contribution in [0.25, 0.3) is 0 Å². The smallest absolute Gasteiger partial charge is 0.287 e. The van der Waals surface area contributed by atoms with E-state index >= 15 is 0 Å². The third kappa shape index (κ3) is 5.25. The molecule has 28 heavy (non-hydrogen) atoms. The van der Waals surface area contributed by atoms with Crippen LogP contribution in [0.3, 0.4) is 0 Å². The molecule has 1 unspecified atom stereocenters. The van der Waals surface area contributed by atoms with Crippen molar-refractivity contribution in [3.63, 3.8) is 0 Å². The summed E-state index contributed by atoms with van der Waals surface area (Å²) in [5, 5.41) is 3.38. The van der Waals surface area contributed by atoms with E-state index in [1.54, 1.807) is 43.5 Å². The van der Waals surface area contributed by atoms with Gasteiger partial charge in [-0.3, -0.25) is 9.00 Å². The minimum absolute atomic E-state index is 0.164. The van der Waals surface area contributed by atoms with Gasteiger partial charge in [-0.1, -0.05) is 27.5 Å². The van der Waals surface area contributed by atoms with E-state index < -0.39 is 10.8 Å². The molecular formula is C20H17BrClNO4S. The highest BCUT2D eigenvalue weighted by molar-refractivity contribution is 9.10. The summed E-state index contributed by atoms with van der Waals surface area (Å²) in [7, 11) is 0.289. The summed E-state index contributed by atoms with van der Waals surface area (Å²) >= 11 is 9.25. The molecular weight excluding hydrogens is 466 g/mol. The first kappa shape index (κ1) is 20.6. The molecule has 0 aliphatic carbocycles. The summed E-state index contributed by atoms with van der Waals surface area (Å²) in [6, 6.07) is 15.6. The van der Waals surface area contributed by atoms with Gasteiger partial charge in [0, 0.05) is 26.5 Å². The summed E-state index contributed by atoms with van der Waals surface area (Å²) in [4.78, 5) is 13.0. The number of hydrogen-bond donors (Lipinski definition) is 1. The minimum atomic E-state index is -1.29. The Kier molecular flexibility index (Phi) is 6.93. The molecule has 0 fully saturated rings. The molecule has 0 saturated heterocycles. The van der Waals surface area contributed by atoms with Crippen molar-refractivity contribution in [2.45, 2.75) is 17.2 Å². The number of nitrogens with one attached hydrogen (secondary N) is 1. The van der Waals surface area contributed by atoms with Crippen LogP contribution in [0.2, 0.25) is 5.02 Å². The third-order valence-electron chi connectivity index (χ3n) is 3.92. The number of benzene rings is 2. The lowest BCUT2D eigenvalue weighted by atomic mass is 10.2. The number of amides is 1. The van der Waals surface area contributed by atoms with Crippen molar-refractivity contribution in [1.29, 1.82) is 0 Å². The van der Waals surface area contributed by atoms with Gasteiger partial charge in [-0.25, -0.2) is 0 Å². The Morgan fingerprint density at radius 3 is 2.64 bits per heavy atom. The molecule has 2 aromatic carbocycles. The van der Waals surface area contributed by atoms with Crippen molar-refractivity contribution in [2.24, 2.45) is 0 Å². The van der Waals surface area contributed by atoms with E-state index in [4.69, 9.17) is 20.8 Å². The molecule has 8 heteroatoms. The summed E-state index contributed by atoms with van der Waals surface area (Å²) in [5.41, 5.74) is 0.834. The average Bonchev–Trinajstić information content (AvgIpc) is 3.15. The molecule has 0 spiro atoms. The molecule has 1 heterocycles. The molecule has 146 valence electrons. The van der Waals surface area contributed by atoms with Crippen LogP contribution in [-0.4, -0.2) is 17.2 Å². The largest absolute Gasteiger partial charge is 0.496 e. The number of methoxy groups -OCH3 is 1. The van der Waals surface area contributed by atoms with Crippen LogP contribution >= 0.6 is 27.5 Å². The van der Waals surface area contributed by atoms with Crippen molar-refractivity contribution < 1.29 is 18.2 Å². The number of rotatable bonds is 7. The first-order valence-corrected chi connectivity index (χ1v) is 10.8. The van der Waals surface area contributed by atoms with Crippen molar-refractivity contribution in [1.82, 2.24) is 5.32 Å². The number of carbonyl (C=O) groups is 1. The monoisotopic (exact) mass is 481 g/mol. The molecule has 1 N–H and O–H groups in total. The lowest BCUT2D eigenvalue weighted by Crippen LogP contribution is -2.22. The quantitative estimate of drug-likeness (QED) is 0.518. The van der Waals surface area contributed by atoms with Gasteiger partial charge in [-0.05, 0) is 54.6 Å². The predicted octanol–water partition coefficient (Wildman–Crippen LogP) is 4.94. The molecule has 3 rings (SSSR count). The van der Waals surface area contributed by atoms with Crippen LogP contribution in [0, 0.1) is 0 Å². The zero-order valence-electron chi connectivity index (χ0n) is 14.9. The second kappa shape index (κ2) is 9.41. The maximum absolute atomic E-state index is 12.4. The number of halogens is 2. The Labute approximate surface area is 178 Å². The van der Waals surface area contributed by atoms with Crippen molar-refractivity contribution in [3.8, 4) is 5.75 Å². The van der Waals surface area contributed by atoms with Crippen LogP contribution in [0.4, 0.5) is 0 Å². The second-order valence-electron chi connectivity index (χ2n) is 5.85. The molecule has 3 aromatic rings. The Bertz CT molecular complexity index is 1000. The van der Waals surface area contributed by atoms with E-state index in [1.807, 2.05) is 18.2 Å². The van der Waals surface area contributed by atoms with E-state index in [-0.39, 0.29) is 24.0 Å². The van der Waals surface area contributed by atoms with Crippen molar-refractivity contribution >= 4 is 44.2 Å². The standard InChI is InChI=1S/C20H17BrClNO4S/c1-26-18-8-2-14(21)10-13(18)11-23-20(24)19-9-5-16(27-19)12-28(25)17-6-3-15(22)4-7-17/h2-10H,11-12H2,1H3,(H,23,24). The van der Waals surface area contributed by atoms with E-state index in [2.05, 4.69) is 21.2 Å². The molecule has 0 aliphatic heterocycles. The fourth-order valence-electron chi connectivity index (χ4n) is 2.52. The number of carbonyl (C=O) groups excluding carboxylic acids is 1. The molecule has 0 saturated carbocycles. The highest BCUT2D eigenvalue weighted by Crippen LogP contribution is 2.23. The molecule has 0 radical (unpaired) electrons. The Morgan fingerprint density at radius 1 is 1.18 bits per heavy atom. The Hall–Kier alpha value is -2.09. The van der Waals surface area contributed by atoms with Gasteiger partial charge in [0.1, 0.15) is 11.5 Å². The fraction of sp³-hybridized carbons (Fsp3) is 0.150. The topological polar surface area (TPSA) is 68.5 Å². The summed E-state index contributed by atoms with van der Waals surface area (Å²) in [6.07, 6.45) is 0. The molecule has 5 nitrogen and oxygen atoms in total. The van der Waals surface area contributed by atoms with Gasteiger partial charge in [0.05, 0.1) is 23.7 Å². The first-order valence-electron chi connectivity index (χ1n) is 8.29. The normalized spacial score (nSPS) is 11.8. The van der Waals surface area contributed by atoms with Gasteiger partial charge in [-0.15, -0.1) is 0 Å². The van der Waals surface area contributed by atoms with Crippen LogP contribution in [0.1, 0.15) is 21.9 Å². The number of ether oxygens (including phenoxy) is 1.